The van der Waals surface area contributed by atoms with E-state index in [1.165, 1.54) is 6.07 Å². The summed E-state index contributed by atoms with van der Waals surface area (Å²) in [7, 11) is -0.399. The van der Waals surface area contributed by atoms with Crippen LogP contribution in [0.2, 0.25) is 0 Å². The number of rotatable bonds is 12. The van der Waals surface area contributed by atoms with Crippen molar-refractivity contribution in [2.75, 3.05) is 32.1 Å². The fourth-order valence-electron chi connectivity index (χ4n) is 5.89. The summed E-state index contributed by atoms with van der Waals surface area (Å²) in [6, 6.07) is 16.2. The third kappa shape index (κ3) is 8.91. The molecule has 10 nitrogen and oxygen atoms in total. The van der Waals surface area contributed by atoms with Gasteiger partial charge in [-0.15, -0.1) is 0 Å². The lowest BCUT2D eigenvalue weighted by atomic mass is 9.89. The van der Waals surface area contributed by atoms with Crippen LogP contribution in [0.4, 0.5) is 10.5 Å². The molecule has 3 aromatic carbocycles. The number of benzene rings is 3. The van der Waals surface area contributed by atoms with Crippen molar-refractivity contribution in [3.05, 3.63) is 66.2 Å². The van der Waals surface area contributed by atoms with Crippen molar-refractivity contribution < 1.29 is 32.6 Å². The van der Waals surface area contributed by atoms with E-state index in [0.717, 1.165) is 36.8 Å². The van der Waals surface area contributed by atoms with Crippen molar-refractivity contribution in [2.45, 2.75) is 82.4 Å². The van der Waals surface area contributed by atoms with E-state index in [1.807, 2.05) is 51.9 Å². The molecule has 1 amide bonds. The van der Waals surface area contributed by atoms with Gasteiger partial charge in [0.15, 0.2) is 0 Å². The van der Waals surface area contributed by atoms with Crippen LogP contribution in [0.5, 0.6) is 5.75 Å². The summed E-state index contributed by atoms with van der Waals surface area (Å²) in [4.78, 5) is 28.4. The van der Waals surface area contributed by atoms with E-state index < -0.39 is 27.6 Å². The predicted octanol–water partition coefficient (Wildman–Crippen LogP) is 6.07. The van der Waals surface area contributed by atoms with Crippen molar-refractivity contribution >= 4 is 38.5 Å². The average Bonchev–Trinajstić information content (AvgIpc) is 2.99. The number of hydrogen-bond donors (Lipinski definition) is 2. The highest BCUT2D eigenvalue weighted by Crippen LogP contribution is 2.31. The first-order valence-electron chi connectivity index (χ1n) is 15.9. The highest BCUT2D eigenvalue weighted by molar-refractivity contribution is 7.89. The molecular formula is C35H47N3O7S. The number of carboxylic acids is 1. The van der Waals surface area contributed by atoms with E-state index in [9.17, 15) is 23.1 Å². The van der Waals surface area contributed by atoms with Crippen molar-refractivity contribution in [3.8, 4) is 5.75 Å². The van der Waals surface area contributed by atoms with E-state index in [1.54, 1.807) is 47.4 Å². The van der Waals surface area contributed by atoms with Crippen molar-refractivity contribution in [1.82, 2.24) is 9.62 Å². The molecule has 2 atom stereocenters. The molecule has 11 heteroatoms. The van der Waals surface area contributed by atoms with Gasteiger partial charge in [-0.2, -0.15) is 4.72 Å². The number of nitrogens with one attached hydrogen (secondary N) is 1. The number of anilines is 1. The average molecular weight is 654 g/mol. The summed E-state index contributed by atoms with van der Waals surface area (Å²) < 4.78 is 41.4. The Balaban J connectivity index is 1.42. The Morgan fingerprint density at radius 1 is 1.00 bits per heavy atom. The van der Waals surface area contributed by atoms with Crippen LogP contribution in [0.3, 0.4) is 0 Å². The van der Waals surface area contributed by atoms with Crippen LogP contribution in [0.25, 0.3) is 10.8 Å². The van der Waals surface area contributed by atoms with Gasteiger partial charge in [-0.1, -0.05) is 49.7 Å². The number of carboxylic acid groups (broad SMARTS) is 1. The zero-order chi connectivity index (χ0) is 33.6. The van der Waals surface area contributed by atoms with Gasteiger partial charge in [0.05, 0.1) is 4.90 Å². The normalized spacial score (nSPS) is 15.7. The van der Waals surface area contributed by atoms with E-state index in [0.29, 0.717) is 29.8 Å². The van der Waals surface area contributed by atoms with Gasteiger partial charge in [0.2, 0.25) is 10.0 Å². The Kier molecular flexibility index (Phi) is 11.2. The second kappa shape index (κ2) is 14.7. The molecule has 1 fully saturated rings. The second-order valence-electron chi connectivity index (χ2n) is 13.1. The molecule has 2 N–H and O–H groups in total. The minimum absolute atomic E-state index is 0.0241. The van der Waals surface area contributed by atoms with Crippen LogP contribution >= 0.6 is 0 Å². The summed E-state index contributed by atoms with van der Waals surface area (Å²) in [5, 5.41) is 11.2. The quantitative estimate of drug-likeness (QED) is 0.241. The van der Waals surface area contributed by atoms with E-state index >= 15 is 0 Å². The molecule has 0 aromatic heterocycles. The number of likely N-dealkylation sites (tertiary alicyclic amines) is 1. The maximum Gasteiger partial charge on any atom is 0.410 e. The summed E-state index contributed by atoms with van der Waals surface area (Å²) >= 11 is 0. The molecule has 0 aliphatic carbocycles. The molecule has 1 heterocycles. The third-order valence-corrected chi connectivity index (χ3v) is 9.70. The largest absolute Gasteiger partial charge is 0.490 e. The van der Waals surface area contributed by atoms with Gasteiger partial charge in [0.25, 0.3) is 0 Å². The Labute approximate surface area is 272 Å². The number of fused-ring (bicyclic) bond motifs is 1. The lowest BCUT2D eigenvalue weighted by Gasteiger charge is -2.36. The van der Waals surface area contributed by atoms with Gasteiger partial charge in [-0.25, -0.2) is 13.2 Å². The number of carbonyl (C=O) groups is 2. The van der Waals surface area contributed by atoms with Crippen LogP contribution in [0.15, 0.2) is 65.6 Å². The van der Waals surface area contributed by atoms with E-state index in [4.69, 9.17) is 9.47 Å². The number of piperidine rings is 1. The fourth-order valence-corrected chi connectivity index (χ4v) is 7.30. The lowest BCUT2D eigenvalue weighted by molar-refractivity contribution is -0.138. The van der Waals surface area contributed by atoms with E-state index in [2.05, 4.69) is 11.6 Å². The van der Waals surface area contributed by atoms with Crippen LogP contribution in [0, 0.1) is 5.92 Å². The van der Waals surface area contributed by atoms with Gasteiger partial charge in [-0.3, -0.25) is 4.79 Å². The third-order valence-electron chi connectivity index (χ3n) is 8.17. The van der Waals surface area contributed by atoms with Gasteiger partial charge in [0.1, 0.15) is 23.5 Å². The molecular weight excluding hydrogens is 606 g/mol. The SMILES string of the molecule is CCCC(Oc1ccc(CC(NS(=O)(=O)c2cccc3c(N(C)C)cccc23)C(=O)O)cc1)C1CCN(C(=O)OC(C)(C)C)CC1. The summed E-state index contributed by atoms with van der Waals surface area (Å²) in [6.45, 7) is 8.93. The molecule has 250 valence electrons. The molecule has 46 heavy (non-hydrogen) atoms. The highest BCUT2D eigenvalue weighted by Gasteiger charge is 2.32. The number of aliphatic carboxylic acids is 1. The van der Waals surface area contributed by atoms with Crippen molar-refractivity contribution in [1.29, 1.82) is 0 Å². The Hall–Kier alpha value is -3.83. The monoisotopic (exact) mass is 653 g/mol. The van der Waals surface area contributed by atoms with Crippen LogP contribution in [-0.4, -0.2) is 75.4 Å². The number of carbonyl (C=O) groups excluding carboxylic acids is 1. The van der Waals surface area contributed by atoms with Crippen molar-refractivity contribution in [3.63, 3.8) is 0 Å². The van der Waals surface area contributed by atoms with Gasteiger partial charge in [-0.05, 0) is 82.2 Å². The molecule has 1 aliphatic heterocycles. The first-order chi connectivity index (χ1) is 21.7. The first kappa shape index (κ1) is 35.0. The molecule has 4 rings (SSSR count). The highest BCUT2D eigenvalue weighted by atomic mass is 32.2. The summed E-state index contributed by atoms with van der Waals surface area (Å²) in [5.74, 6) is -0.317. The molecule has 0 spiro atoms. The number of hydrogen-bond acceptors (Lipinski definition) is 7. The topological polar surface area (TPSA) is 125 Å². The number of ether oxygens (including phenoxy) is 2. The molecule has 1 aliphatic rings. The molecule has 2 unspecified atom stereocenters. The molecule has 3 aromatic rings. The van der Waals surface area contributed by atoms with Crippen LogP contribution in [0.1, 0.15) is 58.9 Å². The van der Waals surface area contributed by atoms with E-state index in [-0.39, 0.29) is 29.4 Å². The minimum atomic E-state index is -4.16. The zero-order valence-corrected chi connectivity index (χ0v) is 28.5. The van der Waals surface area contributed by atoms with Crippen LogP contribution < -0.4 is 14.4 Å². The lowest BCUT2D eigenvalue weighted by Crippen LogP contribution is -2.44. The van der Waals surface area contributed by atoms with Gasteiger partial charge in [0, 0.05) is 43.6 Å². The minimum Gasteiger partial charge on any atom is -0.490 e. The predicted molar refractivity (Wildman–Crippen MR) is 180 cm³/mol. The van der Waals surface area contributed by atoms with Gasteiger partial charge < -0.3 is 24.4 Å². The fraction of sp³-hybridized carbons (Fsp3) is 0.486. The smallest absolute Gasteiger partial charge is 0.410 e. The first-order valence-corrected chi connectivity index (χ1v) is 17.3. The van der Waals surface area contributed by atoms with Gasteiger partial charge >= 0.3 is 12.1 Å². The molecule has 0 bridgehead atoms. The Bertz CT molecular complexity index is 1610. The Morgan fingerprint density at radius 2 is 1.63 bits per heavy atom. The molecule has 1 saturated heterocycles. The van der Waals surface area contributed by atoms with Crippen LogP contribution in [-0.2, 0) is 26.0 Å². The summed E-state index contributed by atoms with van der Waals surface area (Å²) in [5.41, 5.74) is 0.989. The Morgan fingerprint density at radius 3 is 2.22 bits per heavy atom. The zero-order valence-electron chi connectivity index (χ0n) is 27.7. The standard InChI is InChI=1S/C35H47N3O7S/c1-7-10-31(25-19-21-38(22-20-25)34(41)45-35(2,3)4)44-26-17-15-24(16-18-26)23-29(33(39)40)36-46(42,43)32-14-9-11-27-28(32)12-8-13-30(27)37(5)6/h8-9,11-18,25,29,31,36H,7,10,19-23H2,1-6H3,(H,39,40). The summed E-state index contributed by atoms with van der Waals surface area (Å²) in [6.07, 6.45) is 3.10. The second-order valence-corrected chi connectivity index (χ2v) is 14.8. The maximum absolute atomic E-state index is 13.5. The molecule has 0 radical (unpaired) electrons. The number of sulfonamides is 1. The number of nitrogens with zero attached hydrogens (tertiary/aromatic N) is 2. The maximum atomic E-state index is 13.5. The number of amides is 1. The molecule has 0 saturated carbocycles. The van der Waals surface area contributed by atoms with Crippen molar-refractivity contribution in [2.24, 2.45) is 5.92 Å².